The van der Waals surface area contributed by atoms with Gasteiger partial charge >= 0.3 is 0 Å². The van der Waals surface area contributed by atoms with Crippen LogP contribution in [0.3, 0.4) is 0 Å². The molecule has 1 saturated carbocycles. The van der Waals surface area contributed by atoms with Crippen LogP contribution in [0, 0.1) is 5.92 Å². The summed E-state index contributed by atoms with van der Waals surface area (Å²) in [5.74, 6) is 0.679. The van der Waals surface area contributed by atoms with Gasteiger partial charge in [0.2, 0.25) is 0 Å². The highest BCUT2D eigenvalue weighted by Gasteiger charge is 2.21. The third kappa shape index (κ3) is 3.74. The Kier molecular flexibility index (Phi) is 4.58. The fraction of sp³-hybridized carbons (Fsp3) is 0.647. The van der Waals surface area contributed by atoms with E-state index in [4.69, 9.17) is 4.74 Å². The zero-order valence-electron chi connectivity index (χ0n) is 12.5. The van der Waals surface area contributed by atoms with Gasteiger partial charge in [-0.2, -0.15) is 0 Å². The number of anilines is 1. The van der Waals surface area contributed by atoms with E-state index in [1.54, 1.807) is 0 Å². The van der Waals surface area contributed by atoms with Crippen molar-refractivity contribution in [2.45, 2.75) is 38.3 Å². The number of rotatable bonds is 6. The van der Waals surface area contributed by atoms with E-state index in [9.17, 15) is 0 Å². The Morgan fingerprint density at radius 2 is 2.10 bits per heavy atom. The van der Waals surface area contributed by atoms with Crippen molar-refractivity contribution in [1.82, 2.24) is 5.32 Å². The summed E-state index contributed by atoms with van der Waals surface area (Å²) in [6, 6.07) is 9.54. The highest BCUT2D eigenvalue weighted by Crippen LogP contribution is 2.24. The molecule has 2 aliphatic rings. The zero-order valence-corrected chi connectivity index (χ0v) is 12.5. The number of para-hydroxylation sites is 1. The predicted molar refractivity (Wildman–Crippen MR) is 83.1 cm³/mol. The van der Waals surface area contributed by atoms with Crippen LogP contribution < -0.4 is 10.2 Å². The lowest BCUT2D eigenvalue weighted by Crippen LogP contribution is -2.31. The van der Waals surface area contributed by atoms with E-state index in [-0.39, 0.29) is 0 Å². The summed E-state index contributed by atoms with van der Waals surface area (Å²) in [4.78, 5) is 2.41. The zero-order chi connectivity index (χ0) is 13.8. The molecule has 1 saturated heterocycles. The topological polar surface area (TPSA) is 24.5 Å². The summed E-state index contributed by atoms with van der Waals surface area (Å²) in [5.41, 5.74) is 2.78. The molecule has 110 valence electrons. The lowest BCUT2D eigenvalue weighted by atomic mass is 10.0. The van der Waals surface area contributed by atoms with E-state index < -0.39 is 0 Å². The molecular formula is C17H26N2O. The molecule has 0 bridgehead atoms. The maximum Gasteiger partial charge on any atom is 0.0511 e. The van der Waals surface area contributed by atoms with Gasteiger partial charge in [0.25, 0.3) is 0 Å². The normalized spacial score (nSPS) is 22.8. The van der Waals surface area contributed by atoms with E-state index in [2.05, 4.69) is 41.5 Å². The fourth-order valence-corrected chi connectivity index (χ4v) is 3.01. The van der Waals surface area contributed by atoms with Crippen molar-refractivity contribution in [1.29, 1.82) is 0 Å². The minimum Gasteiger partial charge on any atom is -0.381 e. The first kappa shape index (κ1) is 13.9. The number of nitrogens with zero attached hydrogens (tertiary/aromatic N) is 1. The molecule has 2 fully saturated rings. The maximum absolute atomic E-state index is 5.60. The predicted octanol–water partition coefficient (Wildman–Crippen LogP) is 2.80. The van der Waals surface area contributed by atoms with E-state index in [0.717, 1.165) is 32.3 Å². The molecule has 0 amide bonds. The standard InChI is InChI=1S/C17H26N2O/c1-19(12-14-5-4-10-20-13-14)17-7-3-2-6-15(17)11-18-16-8-9-16/h2-3,6-7,14,16,18H,4-5,8-13H2,1H3. The van der Waals surface area contributed by atoms with Crippen molar-refractivity contribution in [2.75, 3.05) is 31.7 Å². The van der Waals surface area contributed by atoms with E-state index in [1.165, 1.54) is 36.9 Å². The highest BCUT2D eigenvalue weighted by molar-refractivity contribution is 5.53. The molecule has 1 atom stereocenters. The number of ether oxygens (including phenoxy) is 1. The third-order valence-electron chi connectivity index (χ3n) is 4.35. The van der Waals surface area contributed by atoms with Crippen LogP contribution in [0.5, 0.6) is 0 Å². The van der Waals surface area contributed by atoms with Gasteiger partial charge in [0.05, 0.1) is 6.61 Å². The minimum atomic E-state index is 0.679. The summed E-state index contributed by atoms with van der Waals surface area (Å²) in [7, 11) is 2.21. The number of benzene rings is 1. The van der Waals surface area contributed by atoms with Crippen LogP contribution in [0.25, 0.3) is 0 Å². The lowest BCUT2D eigenvalue weighted by Gasteiger charge is -2.29. The van der Waals surface area contributed by atoms with Crippen LogP contribution in [-0.4, -0.2) is 32.8 Å². The summed E-state index contributed by atoms with van der Waals surface area (Å²) in [6.45, 7) is 3.96. The van der Waals surface area contributed by atoms with Gasteiger partial charge in [-0.25, -0.2) is 0 Å². The van der Waals surface area contributed by atoms with Crippen molar-refractivity contribution in [3.8, 4) is 0 Å². The Hall–Kier alpha value is -1.06. The van der Waals surface area contributed by atoms with Crippen molar-refractivity contribution >= 4 is 5.69 Å². The molecule has 0 radical (unpaired) electrons. The van der Waals surface area contributed by atoms with E-state index in [1.807, 2.05) is 0 Å². The summed E-state index contributed by atoms with van der Waals surface area (Å²) >= 11 is 0. The molecule has 1 heterocycles. The molecule has 1 aliphatic carbocycles. The van der Waals surface area contributed by atoms with Gasteiger partial charge in [-0.05, 0) is 43.2 Å². The minimum absolute atomic E-state index is 0.679. The van der Waals surface area contributed by atoms with Crippen LogP contribution in [0.4, 0.5) is 5.69 Å². The lowest BCUT2D eigenvalue weighted by molar-refractivity contribution is 0.0576. The Balaban J connectivity index is 1.61. The fourth-order valence-electron chi connectivity index (χ4n) is 3.01. The number of hydrogen-bond donors (Lipinski definition) is 1. The molecule has 0 aromatic heterocycles. The Labute approximate surface area is 122 Å². The van der Waals surface area contributed by atoms with Crippen LogP contribution in [0.2, 0.25) is 0 Å². The second-order valence-electron chi connectivity index (χ2n) is 6.25. The average molecular weight is 274 g/mol. The van der Waals surface area contributed by atoms with E-state index >= 15 is 0 Å². The van der Waals surface area contributed by atoms with Crippen LogP contribution in [0.15, 0.2) is 24.3 Å². The molecule has 1 aliphatic heterocycles. The summed E-state index contributed by atoms with van der Waals surface area (Å²) in [5, 5.41) is 3.62. The molecule has 0 spiro atoms. The molecular weight excluding hydrogens is 248 g/mol. The van der Waals surface area contributed by atoms with Gasteiger partial charge in [0.15, 0.2) is 0 Å². The van der Waals surface area contributed by atoms with Crippen molar-refractivity contribution < 1.29 is 4.74 Å². The number of hydrogen-bond acceptors (Lipinski definition) is 3. The second-order valence-corrected chi connectivity index (χ2v) is 6.25. The van der Waals surface area contributed by atoms with Gasteiger partial charge in [0.1, 0.15) is 0 Å². The van der Waals surface area contributed by atoms with Crippen molar-refractivity contribution in [3.63, 3.8) is 0 Å². The van der Waals surface area contributed by atoms with Gasteiger partial charge < -0.3 is 15.0 Å². The SMILES string of the molecule is CN(CC1CCCOC1)c1ccccc1CNC1CC1. The molecule has 1 aromatic carbocycles. The highest BCUT2D eigenvalue weighted by atomic mass is 16.5. The molecule has 3 nitrogen and oxygen atoms in total. The Bertz CT molecular complexity index is 425. The van der Waals surface area contributed by atoms with Gasteiger partial charge in [0, 0.05) is 38.5 Å². The van der Waals surface area contributed by atoms with E-state index in [0.29, 0.717) is 5.92 Å². The van der Waals surface area contributed by atoms with Gasteiger partial charge in [-0.15, -0.1) is 0 Å². The Morgan fingerprint density at radius 1 is 1.25 bits per heavy atom. The summed E-state index contributed by atoms with van der Waals surface area (Å²) < 4.78 is 5.60. The largest absolute Gasteiger partial charge is 0.381 e. The van der Waals surface area contributed by atoms with Crippen LogP contribution in [-0.2, 0) is 11.3 Å². The average Bonchev–Trinajstić information content (AvgIpc) is 3.31. The molecule has 1 N–H and O–H groups in total. The van der Waals surface area contributed by atoms with Crippen LogP contribution >= 0.6 is 0 Å². The first-order valence-electron chi connectivity index (χ1n) is 7.93. The third-order valence-corrected chi connectivity index (χ3v) is 4.35. The Morgan fingerprint density at radius 3 is 2.85 bits per heavy atom. The molecule has 3 rings (SSSR count). The molecule has 20 heavy (non-hydrogen) atoms. The maximum atomic E-state index is 5.60. The molecule has 1 unspecified atom stereocenters. The number of nitrogens with one attached hydrogen (secondary N) is 1. The second kappa shape index (κ2) is 6.59. The smallest absolute Gasteiger partial charge is 0.0511 e. The molecule has 1 aromatic rings. The van der Waals surface area contributed by atoms with Crippen molar-refractivity contribution in [2.24, 2.45) is 5.92 Å². The monoisotopic (exact) mass is 274 g/mol. The van der Waals surface area contributed by atoms with Crippen molar-refractivity contribution in [3.05, 3.63) is 29.8 Å². The van der Waals surface area contributed by atoms with Gasteiger partial charge in [-0.3, -0.25) is 0 Å². The van der Waals surface area contributed by atoms with Gasteiger partial charge in [-0.1, -0.05) is 18.2 Å². The molecule has 3 heteroatoms. The first-order valence-corrected chi connectivity index (χ1v) is 7.93. The quantitative estimate of drug-likeness (QED) is 0.863. The first-order chi connectivity index (χ1) is 9.83. The summed E-state index contributed by atoms with van der Waals surface area (Å²) in [6.07, 6.45) is 5.20. The van der Waals surface area contributed by atoms with Crippen LogP contribution in [0.1, 0.15) is 31.2 Å².